The zero-order valence-corrected chi connectivity index (χ0v) is 15.4. The van der Waals surface area contributed by atoms with Crippen molar-refractivity contribution in [3.8, 4) is 11.5 Å². The molecule has 2 N–H and O–H groups in total. The van der Waals surface area contributed by atoms with Gasteiger partial charge in [0.25, 0.3) is 0 Å². The van der Waals surface area contributed by atoms with Crippen LogP contribution in [0.1, 0.15) is 18.5 Å². The number of aromatic nitrogens is 2. The van der Waals surface area contributed by atoms with E-state index in [1.807, 2.05) is 28.8 Å². The standard InChI is InChI=1S/C20H19N3O5/c1-3-28-19(26)16-17(11-8-9-14(24)15(10-11)27-2)23-13-7-5-4-6-12(13)21-20(23)22-18(16)25/h4-10,16-17,24H,3H2,1-2H3,(H,21,22,25). The lowest BCUT2D eigenvalue weighted by Gasteiger charge is -2.32. The number of nitrogens with one attached hydrogen (secondary N) is 1. The number of ether oxygens (including phenoxy) is 2. The molecule has 8 nitrogen and oxygen atoms in total. The fourth-order valence-electron chi connectivity index (χ4n) is 3.58. The highest BCUT2D eigenvalue weighted by molar-refractivity contribution is 6.07. The van der Waals surface area contributed by atoms with Crippen LogP contribution in [0.25, 0.3) is 11.0 Å². The highest BCUT2D eigenvalue weighted by Gasteiger charge is 2.44. The molecule has 0 fully saturated rings. The third kappa shape index (κ3) is 2.74. The van der Waals surface area contributed by atoms with Gasteiger partial charge in [0.2, 0.25) is 11.9 Å². The molecule has 8 heteroatoms. The molecule has 2 unspecified atom stereocenters. The Morgan fingerprint density at radius 3 is 2.82 bits per heavy atom. The summed E-state index contributed by atoms with van der Waals surface area (Å²) in [6, 6.07) is 11.5. The maximum Gasteiger partial charge on any atom is 0.321 e. The number of carbonyl (C=O) groups excluding carboxylic acids is 2. The smallest absolute Gasteiger partial charge is 0.321 e. The van der Waals surface area contributed by atoms with Gasteiger partial charge in [-0.25, -0.2) is 4.98 Å². The summed E-state index contributed by atoms with van der Waals surface area (Å²) in [6.07, 6.45) is 0. The molecule has 144 valence electrons. The fraction of sp³-hybridized carbons (Fsp3) is 0.250. The molecule has 0 radical (unpaired) electrons. The Hall–Kier alpha value is -3.55. The predicted octanol–water partition coefficient (Wildman–Crippen LogP) is 2.47. The Morgan fingerprint density at radius 1 is 1.29 bits per heavy atom. The minimum absolute atomic E-state index is 0.0325. The predicted molar refractivity (Wildman–Crippen MR) is 101 cm³/mol. The van der Waals surface area contributed by atoms with E-state index in [9.17, 15) is 14.7 Å². The Balaban J connectivity index is 1.97. The third-order valence-electron chi connectivity index (χ3n) is 4.79. The molecule has 0 saturated carbocycles. The highest BCUT2D eigenvalue weighted by atomic mass is 16.5. The van der Waals surface area contributed by atoms with E-state index < -0.39 is 23.8 Å². The first-order valence-electron chi connectivity index (χ1n) is 8.86. The van der Waals surface area contributed by atoms with Crippen LogP contribution in [0.5, 0.6) is 11.5 Å². The number of anilines is 1. The van der Waals surface area contributed by atoms with Gasteiger partial charge in [0.1, 0.15) is 0 Å². The van der Waals surface area contributed by atoms with Gasteiger partial charge in [-0.2, -0.15) is 0 Å². The van der Waals surface area contributed by atoms with Crippen molar-refractivity contribution in [2.75, 3.05) is 19.0 Å². The third-order valence-corrected chi connectivity index (χ3v) is 4.79. The van der Waals surface area contributed by atoms with E-state index in [0.717, 1.165) is 5.52 Å². The lowest BCUT2D eigenvalue weighted by Crippen LogP contribution is -2.43. The highest BCUT2D eigenvalue weighted by Crippen LogP contribution is 2.40. The Labute approximate surface area is 160 Å². The fourth-order valence-corrected chi connectivity index (χ4v) is 3.58. The quantitative estimate of drug-likeness (QED) is 0.532. The van der Waals surface area contributed by atoms with Crippen molar-refractivity contribution in [1.29, 1.82) is 0 Å². The number of imidazole rings is 1. The molecule has 1 aromatic heterocycles. The molecule has 4 rings (SSSR count). The Bertz CT molecular complexity index is 1070. The summed E-state index contributed by atoms with van der Waals surface area (Å²) >= 11 is 0. The van der Waals surface area contributed by atoms with Crippen LogP contribution in [0.4, 0.5) is 5.95 Å². The molecule has 1 amide bonds. The second kappa shape index (κ2) is 6.88. The van der Waals surface area contributed by atoms with Crippen LogP contribution in [0.3, 0.4) is 0 Å². The second-order valence-electron chi connectivity index (χ2n) is 6.39. The first-order valence-corrected chi connectivity index (χ1v) is 8.86. The first kappa shape index (κ1) is 17.8. The summed E-state index contributed by atoms with van der Waals surface area (Å²) in [5.74, 6) is -1.66. The number of phenols is 1. The molecule has 2 aromatic carbocycles. The summed E-state index contributed by atoms with van der Waals surface area (Å²) in [5.41, 5.74) is 2.08. The van der Waals surface area contributed by atoms with E-state index in [1.54, 1.807) is 19.1 Å². The molecule has 0 bridgehead atoms. The monoisotopic (exact) mass is 381 g/mol. The maximum absolute atomic E-state index is 12.8. The minimum atomic E-state index is -1.11. The van der Waals surface area contributed by atoms with Crippen LogP contribution >= 0.6 is 0 Å². The van der Waals surface area contributed by atoms with E-state index in [4.69, 9.17) is 9.47 Å². The maximum atomic E-state index is 12.8. The van der Waals surface area contributed by atoms with Crippen molar-refractivity contribution in [1.82, 2.24) is 9.55 Å². The van der Waals surface area contributed by atoms with E-state index in [1.165, 1.54) is 13.2 Å². The van der Waals surface area contributed by atoms with Gasteiger partial charge in [0.15, 0.2) is 17.4 Å². The van der Waals surface area contributed by atoms with Gasteiger partial charge < -0.3 is 19.1 Å². The van der Waals surface area contributed by atoms with E-state index >= 15 is 0 Å². The van der Waals surface area contributed by atoms with Crippen LogP contribution in [0.2, 0.25) is 0 Å². The van der Waals surface area contributed by atoms with Crippen LogP contribution in [0.15, 0.2) is 42.5 Å². The molecule has 1 aliphatic rings. The molecule has 3 aromatic rings. The van der Waals surface area contributed by atoms with Crippen LogP contribution < -0.4 is 10.1 Å². The normalized spacial score (nSPS) is 18.4. The average molecular weight is 381 g/mol. The summed E-state index contributed by atoms with van der Waals surface area (Å²) in [4.78, 5) is 30.0. The topological polar surface area (TPSA) is 103 Å². The molecule has 28 heavy (non-hydrogen) atoms. The van der Waals surface area contributed by atoms with Crippen molar-refractivity contribution in [3.63, 3.8) is 0 Å². The number of aromatic hydroxyl groups is 1. The number of nitrogens with zero attached hydrogens (tertiary/aromatic N) is 2. The van der Waals surface area contributed by atoms with Gasteiger partial charge in [-0.05, 0) is 36.8 Å². The van der Waals surface area contributed by atoms with Crippen molar-refractivity contribution < 1.29 is 24.2 Å². The number of hydrogen-bond acceptors (Lipinski definition) is 6. The van der Waals surface area contributed by atoms with Gasteiger partial charge >= 0.3 is 5.97 Å². The number of phenolic OH excluding ortho intramolecular Hbond substituents is 1. The second-order valence-corrected chi connectivity index (χ2v) is 6.39. The van der Waals surface area contributed by atoms with E-state index in [0.29, 0.717) is 17.0 Å². The van der Waals surface area contributed by atoms with Gasteiger partial charge in [-0.1, -0.05) is 18.2 Å². The first-order chi connectivity index (χ1) is 13.5. The molecular formula is C20H19N3O5. The number of para-hydroxylation sites is 2. The summed E-state index contributed by atoms with van der Waals surface area (Å²) in [6.45, 7) is 1.85. The molecular weight excluding hydrogens is 362 g/mol. The number of hydrogen-bond donors (Lipinski definition) is 2. The number of benzene rings is 2. The van der Waals surface area contributed by atoms with Crippen molar-refractivity contribution in [2.24, 2.45) is 5.92 Å². The summed E-state index contributed by atoms with van der Waals surface area (Å²) in [7, 11) is 1.44. The van der Waals surface area contributed by atoms with Crippen molar-refractivity contribution in [3.05, 3.63) is 48.0 Å². The van der Waals surface area contributed by atoms with Gasteiger partial charge in [-0.15, -0.1) is 0 Å². The largest absolute Gasteiger partial charge is 0.504 e. The summed E-state index contributed by atoms with van der Waals surface area (Å²) < 4.78 is 12.2. The van der Waals surface area contributed by atoms with Gasteiger partial charge in [0, 0.05) is 0 Å². The van der Waals surface area contributed by atoms with Crippen LogP contribution in [0, 0.1) is 5.92 Å². The lowest BCUT2D eigenvalue weighted by molar-refractivity contribution is -0.152. The summed E-state index contributed by atoms with van der Waals surface area (Å²) in [5, 5.41) is 12.7. The number of rotatable bonds is 4. The van der Waals surface area contributed by atoms with E-state index in [-0.39, 0.29) is 18.1 Å². The van der Waals surface area contributed by atoms with Gasteiger partial charge in [0.05, 0.1) is 30.8 Å². The molecule has 1 aliphatic heterocycles. The number of esters is 1. The molecule has 0 spiro atoms. The minimum Gasteiger partial charge on any atom is -0.504 e. The van der Waals surface area contributed by atoms with Crippen LogP contribution in [-0.4, -0.2) is 40.3 Å². The van der Waals surface area contributed by atoms with Crippen LogP contribution in [-0.2, 0) is 14.3 Å². The van der Waals surface area contributed by atoms with Gasteiger partial charge in [-0.3, -0.25) is 14.9 Å². The molecule has 2 heterocycles. The number of methoxy groups -OCH3 is 1. The zero-order valence-electron chi connectivity index (χ0n) is 15.4. The zero-order chi connectivity index (χ0) is 19.8. The number of carbonyl (C=O) groups is 2. The lowest BCUT2D eigenvalue weighted by atomic mass is 9.90. The SMILES string of the molecule is CCOC(=O)C1C(=O)Nc2nc3ccccc3n2C1c1ccc(O)c(OC)c1. The number of amides is 1. The Kier molecular flexibility index (Phi) is 4.38. The molecule has 0 aliphatic carbocycles. The van der Waals surface area contributed by atoms with Crippen molar-refractivity contribution in [2.45, 2.75) is 13.0 Å². The number of fused-ring (bicyclic) bond motifs is 3. The Morgan fingerprint density at radius 2 is 2.07 bits per heavy atom. The van der Waals surface area contributed by atoms with E-state index in [2.05, 4.69) is 10.3 Å². The molecule has 2 atom stereocenters. The molecule has 0 saturated heterocycles. The average Bonchev–Trinajstić information content (AvgIpc) is 3.05. The van der Waals surface area contributed by atoms with Crippen molar-refractivity contribution >= 4 is 28.9 Å².